The molecule has 1 atom stereocenters. The van der Waals surface area contributed by atoms with Crippen LogP contribution in [0.1, 0.15) is 25.0 Å². The van der Waals surface area contributed by atoms with E-state index in [9.17, 15) is 9.59 Å². The average molecular weight is 439 g/mol. The number of likely N-dealkylation sites (N-methyl/N-ethyl adjacent to an activating group) is 1. The van der Waals surface area contributed by atoms with E-state index >= 15 is 0 Å². The lowest BCUT2D eigenvalue weighted by molar-refractivity contribution is -0.138. The fourth-order valence-electron chi connectivity index (χ4n) is 2.67. The first-order chi connectivity index (χ1) is 13.4. The Hall–Kier alpha value is -1.69. The number of rotatable bonds is 9. The van der Waals surface area contributed by atoms with Crippen molar-refractivity contribution in [1.29, 1.82) is 0 Å². The topological polar surface area (TPSA) is 49.4 Å². The molecule has 0 fully saturated rings. The molecule has 7 heteroatoms. The van der Waals surface area contributed by atoms with Gasteiger partial charge < -0.3 is 10.2 Å². The zero-order chi connectivity index (χ0) is 20.5. The normalized spacial score (nSPS) is 11.7. The number of nitrogens with zero attached hydrogens (tertiary/aromatic N) is 1. The third-order valence-electron chi connectivity index (χ3n) is 4.25. The van der Waals surface area contributed by atoms with Crippen LogP contribution >= 0.6 is 35.0 Å². The van der Waals surface area contributed by atoms with Crippen molar-refractivity contribution >= 4 is 46.8 Å². The number of amides is 2. The van der Waals surface area contributed by atoms with Gasteiger partial charge in [0, 0.05) is 34.5 Å². The van der Waals surface area contributed by atoms with Gasteiger partial charge in [0.1, 0.15) is 6.04 Å². The Morgan fingerprint density at radius 1 is 1.07 bits per heavy atom. The molecule has 0 unspecified atom stereocenters. The van der Waals surface area contributed by atoms with Gasteiger partial charge in [-0.3, -0.25) is 9.59 Å². The van der Waals surface area contributed by atoms with Gasteiger partial charge in [-0.15, -0.1) is 11.8 Å². The molecule has 0 aliphatic rings. The predicted octanol–water partition coefficient (Wildman–Crippen LogP) is 4.78. The molecular weight excluding hydrogens is 415 g/mol. The zero-order valence-electron chi connectivity index (χ0n) is 16.0. The quantitative estimate of drug-likeness (QED) is 0.612. The average Bonchev–Trinajstić information content (AvgIpc) is 2.68. The predicted molar refractivity (Wildman–Crippen MR) is 118 cm³/mol. The van der Waals surface area contributed by atoms with E-state index in [0.29, 0.717) is 22.2 Å². The number of carbonyl (C=O) groups is 2. The fraction of sp³-hybridized carbons (Fsp3) is 0.333. The van der Waals surface area contributed by atoms with E-state index in [0.717, 1.165) is 11.3 Å². The molecule has 2 aromatic carbocycles. The SMILES string of the molecule is CCNC(=O)[C@@H](C)N(Cc1c(Cl)cccc1Cl)C(=O)CSCc1ccccc1. The molecule has 0 aliphatic carbocycles. The summed E-state index contributed by atoms with van der Waals surface area (Å²) in [5.41, 5.74) is 1.79. The van der Waals surface area contributed by atoms with Gasteiger partial charge in [-0.1, -0.05) is 59.6 Å². The highest BCUT2D eigenvalue weighted by molar-refractivity contribution is 7.99. The van der Waals surface area contributed by atoms with Crippen molar-refractivity contribution in [3.05, 3.63) is 69.7 Å². The lowest BCUT2D eigenvalue weighted by Crippen LogP contribution is -2.48. The summed E-state index contributed by atoms with van der Waals surface area (Å²) in [7, 11) is 0. The molecule has 0 saturated heterocycles. The molecule has 2 aromatic rings. The van der Waals surface area contributed by atoms with E-state index in [1.807, 2.05) is 37.3 Å². The Bertz CT molecular complexity index is 782. The number of nitrogens with one attached hydrogen (secondary N) is 1. The molecule has 150 valence electrons. The van der Waals surface area contributed by atoms with Crippen LogP contribution in [-0.4, -0.2) is 35.1 Å². The third-order valence-corrected chi connectivity index (χ3v) is 5.94. The number of hydrogen-bond acceptors (Lipinski definition) is 3. The Morgan fingerprint density at radius 2 is 1.71 bits per heavy atom. The summed E-state index contributed by atoms with van der Waals surface area (Å²) in [6.45, 7) is 4.25. The highest BCUT2D eigenvalue weighted by Gasteiger charge is 2.27. The summed E-state index contributed by atoms with van der Waals surface area (Å²) in [4.78, 5) is 26.9. The highest BCUT2D eigenvalue weighted by Crippen LogP contribution is 2.27. The van der Waals surface area contributed by atoms with Gasteiger partial charge in [0.25, 0.3) is 0 Å². The maximum absolute atomic E-state index is 12.9. The summed E-state index contributed by atoms with van der Waals surface area (Å²) in [5, 5.41) is 3.73. The van der Waals surface area contributed by atoms with Crippen molar-refractivity contribution in [1.82, 2.24) is 10.2 Å². The summed E-state index contributed by atoms with van der Waals surface area (Å²) in [6.07, 6.45) is 0. The van der Waals surface area contributed by atoms with Crippen LogP contribution in [0.3, 0.4) is 0 Å². The van der Waals surface area contributed by atoms with Gasteiger partial charge in [-0.25, -0.2) is 0 Å². The number of hydrogen-bond donors (Lipinski definition) is 1. The van der Waals surface area contributed by atoms with Crippen molar-refractivity contribution in [3.8, 4) is 0 Å². The minimum atomic E-state index is -0.628. The molecular formula is C21H24Cl2N2O2S. The highest BCUT2D eigenvalue weighted by atomic mass is 35.5. The van der Waals surface area contributed by atoms with Gasteiger partial charge in [-0.2, -0.15) is 0 Å². The van der Waals surface area contributed by atoms with Crippen LogP contribution in [0.5, 0.6) is 0 Å². The number of benzene rings is 2. The third kappa shape index (κ3) is 6.43. The summed E-state index contributed by atoms with van der Waals surface area (Å²) >= 11 is 14.1. The Kier molecular flexibility index (Phi) is 9.16. The molecule has 2 amide bonds. The molecule has 28 heavy (non-hydrogen) atoms. The summed E-state index contributed by atoms with van der Waals surface area (Å²) in [6, 6.07) is 14.5. The van der Waals surface area contributed by atoms with Crippen molar-refractivity contribution < 1.29 is 9.59 Å². The number of halogens is 2. The van der Waals surface area contributed by atoms with E-state index in [2.05, 4.69) is 5.32 Å². The molecule has 2 rings (SSSR count). The van der Waals surface area contributed by atoms with E-state index in [1.54, 1.807) is 25.1 Å². The Labute approximate surface area is 180 Å². The van der Waals surface area contributed by atoms with Gasteiger partial charge in [0.2, 0.25) is 11.8 Å². The van der Waals surface area contributed by atoms with E-state index < -0.39 is 6.04 Å². The molecule has 0 heterocycles. The maximum atomic E-state index is 12.9. The monoisotopic (exact) mass is 438 g/mol. The van der Waals surface area contributed by atoms with Crippen LogP contribution in [-0.2, 0) is 21.9 Å². The van der Waals surface area contributed by atoms with Crippen molar-refractivity contribution in [3.63, 3.8) is 0 Å². The first-order valence-electron chi connectivity index (χ1n) is 9.05. The standard InChI is InChI=1S/C21H24Cl2N2O2S/c1-3-24-21(27)15(2)25(12-17-18(22)10-7-11-19(17)23)20(26)14-28-13-16-8-5-4-6-9-16/h4-11,15H,3,12-14H2,1-2H3,(H,24,27)/t15-/m1/s1. The first-order valence-corrected chi connectivity index (χ1v) is 11.0. The van der Waals surface area contributed by atoms with Crippen LogP contribution in [0, 0.1) is 0 Å². The summed E-state index contributed by atoms with van der Waals surface area (Å²) in [5.74, 6) is 0.659. The molecule has 0 radical (unpaired) electrons. The van der Waals surface area contributed by atoms with Crippen molar-refractivity contribution in [2.75, 3.05) is 12.3 Å². The van der Waals surface area contributed by atoms with Gasteiger partial charge in [-0.05, 0) is 31.5 Å². The molecule has 1 N–H and O–H groups in total. The Morgan fingerprint density at radius 3 is 2.32 bits per heavy atom. The van der Waals surface area contributed by atoms with Gasteiger partial charge >= 0.3 is 0 Å². The van der Waals surface area contributed by atoms with Crippen molar-refractivity contribution in [2.45, 2.75) is 32.2 Å². The fourth-order valence-corrected chi connectivity index (χ4v) is 4.06. The van der Waals surface area contributed by atoms with E-state index in [4.69, 9.17) is 23.2 Å². The minimum Gasteiger partial charge on any atom is -0.355 e. The zero-order valence-corrected chi connectivity index (χ0v) is 18.3. The smallest absolute Gasteiger partial charge is 0.242 e. The largest absolute Gasteiger partial charge is 0.355 e. The van der Waals surface area contributed by atoms with Crippen LogP contribution < -0.4 is 5.32 Å². The maximum Gasteiger partial charge on any atom is 0.242 e. The first kappa shape index (κ1) is 22.6. The molecule has 0 aliphatic heterocycles. The molecule has 0 bridgehead atoms. The number of thioether (sulfide) groups is 1. The van der Waals surface area contributed by atoms with E-state index in [1.165, 1.54) is 16.7 Å². The lowest BCUT2D eigenvalue weighted by atomic mass is 10.1. The summed E-state index contributed by atoms with van der Waals surface area (Å²) < 4.78 is 0. The molecule has 0 spiro atoms. The van der Waals surface area contributed by atoms with Crippen LogP contribution in [0.2, 0.25) is 10.0 Å². The second-order valence-electron chi connectivity index (χ2n) is 6.27. The van der Waals surface area contributed by atoms with Crippen LogP contribution in [0.15, 0.2) is 48.5 Å². The van der Waals surface area contributed by atoms with Crippen LogP contribution in [0.4, 0.5) is 0 Å². The van der Waals surface area contributed by atoms with E-state index in [-0.39, 0.29) is 24.1 Å². The Balaban J connectivity index is 2.12. The molecule has 4 nitrogen and oxygen atoms in total. The van der Waals surface area contributed by atoms with Crippen LogP contribution in [0.25, 0.3) is 0 Å². The molecule has 0 saturated carbocycles. The van der Waals surface area contributed by atoms with Gasteiger partial charge in [0.15, 0.2) is 0 Å². The lowest BCUT2D eigenvalue weighted by Gasteiger charge is -2.29. The second-order valence-corrected chi connectivity index (χ2v) is 8.07. The minimum absolute atomic E-state index is 0.129. The molecule has 0 aromatic heterocycles. The van der Waals surface area contributed by atoms with Gasteiger partial charge in [0.05, 0.1) is 5.75 Å². The second kappa shape index (κ2) is 11.3. The number of carbonyl (C=O) groups excluding carboxylic acids is 2. The van der Waals surface area contributed by atoms with Crippen molar-refractivity contribution in [2.24, 2.45) is 0 Å².